The van der Waals surface area contributed by atoms with E-state index in [1.54, 1.807) is 0 Å². The molecule has 0 heterocycles. The molecule has 0 aliphatic carbocycles. The van der Waals surface area contributed by atoms with Gasteiger partial charge in [0.25, 0.3) is 0 Å². The van der Waals surface area contributed by atoms with E-state index in [-0.39, 0.29) is 24.0 Å². The number of halogens is 1. The minimum Gasteiger partial charge on any atom is -1.00 e. The molecule has 0 N–H and O–H groups in total. The zero-order valence-corrected chi connectivity index (χ0v) is 21.5. The van der Waals surface area contributed by atoms with Crippen LogP contribution < -0.4 is 39.9 Å². The molecular weight excluding hydrogens is 522 g/mol. The standard InChI is InChI=1S/C29H30OP.HI/c1-25(22-30-23-26-14-6-2-7-15-26)24-31(27-16-8-3-9-17-27,28-18-10-4-11-19-28)29-20-12-5-13-21-29;/h2-21,25H,22-24H2,1H3;1H/q+1;/p-1/t25-;/m0./s1. The first-order chi connectivity index (χ1) is 15.3. The smallest absolute Gasteiger partial charge is 0.112 e. The molecule has 0 saturated carbocycles. The third kappa shape index (κ3) is 5.86. The van der Waals surface area contributed by atoms with Gasteiger partial charge in [-0.2, -0.15) is 0 Å². The van der Waals surface area contributed by atoms with Gasteiger partial charge in [-0.1, -0.05) is 91.9 Å². The Balaban J connectivity index is 0.00000289. The third-order valence-corrected chi connectivity index (χ3v) is 10.4. The Morgan fingerprint density at radius 3 is 1.38 bits per heavy atom. The van der Waals surface area contributed by atoms with Gasteiger partial charge in [0.15, 0.2) is 0 Å². The van der Waals surface area contributed by atoms with Crippen LogP contribution in [0.3, 0.4) is 0 Å². The molecule has 4 aromatic rings. The highest BCUT2D eigenvalue weighted by Gasteiger charge is 2.46. The Labute approximate surface area is 210 Å². The van der Waals surface area contributed by atoms with E-state index >= 15 is 0 Å². The number of rotatable bonds is 9. The molecule has 0 aliphatic rings. The molecule has 0 radical (unpaired) electrons. The molecule has 4 rings (SSSR count). The summed E-state index contributed by atoms with van der Waals surface area (Å²) in [5, 5.41) is 4.30. The summed E-state index contributed by atoms with van der Waals surface area (Å²) in [6.45, 7) is 3.75. The summed E-state index contributed by atoms with van der Waals surface area (Å²) in [6.07, 6.45) is 1.08. The monoisotopic (exact) mass is 552 g/mol. The van der Waals surface area contributed by atoms with Gasteiger partial charge in [0.05, 0.1) is 19.4 Å². The van der Waals surface area contributed by atoms with Crippen molar-refractivity contribution in [3.8, 4) is 0 Å². The van der Waals surface area contributed by atoms with Crippen molar-refractivity contribution < 1.29 is 28.7 Å². The van der Waals surface area contributed by atoms with Gasteiger partial charge in [-0.15, -0.1) is 0 Å². The molecule has 164 valence electrons. The first kappa shape index (κ1) is 24.6. The molecule has 1 nitrogen and oxygen atoms in total. The maximum atomic E-state index is 6.15. The quantitative estimate of drug-likeness (QED) is 0.229. The summed E-state index contributed by atoms with van der Waals surface area (Å²) >= 11 is 0. The molecule has 0 fully saturated rings. The first-order valence-corrected chi connectivity index (χ1v) is 12.9. The zero-order valence-electron chi connectivity index (χ0n) is 18.5. The van der Waals surface area contributed by atoms with E-state index in [1.165, 1.54) is 21.5 Å². The van der Waals surface area contributed by atoms with Crippen molar-refractivity contribution in [3.63, 3.8) is 0 Å². The normalized spacial score (nSPS) is 12.0. The van der Waals surface area contributed by atoms with Crippen LogP contribution in [0.2, 0.25) is 0 Å². The lowest BCUT2D eigenvalue weighted by molar-refractivity contribution is -0.00000648. The minimum absolute atomic E-state index is 0. The maximum absolute atomic E-state index is 6.15. The minimum atomic E-state index is -1.80. The van der Waals surface area contributed by atoms with Crippen LogP contribution >= 0.6 is 7.26 Å². The molecule has 0 amide bonds. The fraction of sp³-hybridized carbons (Fsp3) is 0.172. The number of hydrogen-bond acceptors (Lipinski definition) is 1. The van der Waals surface area contributed by atoms with Crippen molar-refractivity contribution in [2.75, 3.05) is 12.8 Å². The fourth-order valence-corrected chi connectivity index (χ4v) is 8.89. The molecule has 0 aliphatic heterocycles. The van der Waals surface area contributed by atoms with Crippen LogP contribution in [0.1, 0.15) is 12.5 Å². The van der Waals surface area contributed by atoms with Crippen molar-refractivity contribution in [2.45, 2.75) is 13.5 Å². The highest BCUT2D eigenvalue weighted by atomic mass is 127. The Kier molecular flexibility index (Phi) is 9.47. The highest BCUT2D eigenvalue weighted by molar-refractivity contribution is 7.95. The van der Waals surface area contributed by atoms with Gasteiger partial charge < -0.3 is 28.7 Å². The van der Waals surface area contributed by atoms with E-state index in [0.29, 0.717) is 12.5 Å². The molecule has 32 heavy (non-hydrogen) atoms. The van der Waals surface area contributed by atoms with E-state index < -0.39 is 7.26 Å². The van der Waals surface area contributed by atoms with Crippen LogP contribution in [0.25, 0.3) is 0 Å². The predicted octanol–water partition coefficient (Wildman–Crippen LogP) is 2.84. The molecular formula is C29H30IOP. The van der Waals surface area contributed by atoms with Gasteiger partial charge in [0.1, 0.15) is 23.2 Å². The molecule has 3 heteroatoms. The first-order valence-electron chi connectivity index (χ1n) is 11.0. The fourth-order valence-electron chi connectivity index (χ4n) is 4.28. The van der Waals surface area contributed by atoms with Crippen LogP contribution in [0.4, 0.5) is 0 Å². The van der Waals surface area contributed by atoms with Crippen LogP contribution in [-0.4, -0.2) is 12.8 Å². The van der Waals surface area contributed by atoms with Gasteiger partial charge in [-0.05, 0) is 42.0 Å². The molecule has 0 spiro atoms. The summed E-state index contributed by atoms with van der Waals surface area (Å²) in [6, 6.07) is 43.7. The zero-order chi connectivity index (χ0) is 21.4. The molecule has 0 unspecified atom stereocenters. The van der Waals surface area contributed by atoms with Crippen molar-refractivity contribution in [1.82, 2.24) is 0 Å². The van der Waals surface area contributed by atoms with Crippen molar-refractivity contribution >= 4 is 23.2 Å². The second-order valence-corrected chi connectivity index (χ2v) is 11.6. The molecule has 4 aromatic carbocycles. The van der Waals surface area contributed by atoms with E-state index in [0.717, 1.165) is 12.8 Å². The second-order valence-electron chi connectivity index (χ2n) is 8.10. The summed E-state index contributed by atoms with van der Waals surface area (Å²) in [5.41, 5.74) is 1.23. The van der Waals surface area contributed by atoms with Crippen molar-refractivity contribution in [2.24, 2.45) is 5.92 Å². The lowest BCUT2D eigenvalue weighted by Crippen LogP contribution is -3.00. The predicted molar refractivity (Wildman–Crippen MR) is 135 cm³/mol. The van der Waals surface area contributed by atoms with Gasteiger partial charge in [-0.25, -0.2) is 0 Å². The Morgan fingerprint density at radius 1 is 0.594 bits per heavy atom. The lowest BCUT2D eigenvalue weighted by atomic mass is 10.2. The van der Waals surface area contributed by atoms with Gasteiger partial charge >= 0.3 is 0 Å². The molecule has 0 bridgehead atoms. The topological polar surface area (TPSA) is 9.23 Å². The van der Waals surface area contributed by atoms with Crippen LogP contribution in [0.5, 0.6) is 0 Å². The molecule has 1 atom stereocenters. The Bertz CT molecular complexity index is 943. The largest absolute Gasteiger partial charge is 1.00 e. The van der Waals surface area contributed by atoms with Crippen LogP contribution in [0, 0.1) is 5.92 Å². The second kappa shape index (κ2) is 12.3. The summed E-state index contributed by atoms with van der Waals surface area (Å²) in [4.78, 5) is 0. The van der Waals surface area contributed by atoms with E-state index in [2.05, 4.69) is 122 Å². The number of benzene rings is 4. The van der Waals surface area contributed by atoms with E-state index in [9.17, 15) is 0 Å². The Morgan fingerprint density at radius 2 is 0.969 bits per heavy atom. The Hall–Kier alpha value is -2.00. The molecule has 0 aromatic heterocycles. The SMILES string of the molecule is C[C@@H](COCc1ccccc1)C[P+](c1ccccc1)(c1ccccc1)c1ccccc1.[I-]. The van der Waals surface area contributed by atoms with Gasteiger partial charge in [-0.3, -0.25) is 0 Å². The third-order valence-electron chi connectivity index (χ3n) is 5.69. The average molecular weight is 552 g/mol. The summed E-state index contributed by atoms with van der Waals surface area (Å²) < 4.78 is 6.15. The average Bonchev–Trinajstić information content (AvgIpc) is 2.85. The van der Waals surface area contributed by atoms with Crippen LogP contribution in [0.15, 0.2) is 121 Å². The lowest BCUT2D eigenvalue weighted by Gasteiger charge is -2.30. The van der Waals surface area contributed by atoms with Crippen molar-refractivity contribution in [3.05, 3.63) is 127 Å². The van der Waals surface area contributed by atoms with Gasteiger partial charge in [0.2, 0.25) is 0 Å². The van der Waals surface area contributed by atoms with Gasteiger partial charge in [0, 0.05) is 5.92 Å². The number of hydrogen-bond donors (Lipinski definition) is 0. The maximum Gasteiger partial charge on any atom is 0.112 e. The number of ether oxygens (including phenoxy) is 1. The highest BCUT2D eigenvalue weighted by Crippen LogP contribution is 2.56. The van der Waals surface area contributed by atoms with Crippen LogP contribution in [-0.2, 0) is 11.3 Å². The summed E-state index contributed by atoms with van der Waals surface area (Å²) in [7, 11) is -1.80. The molecule has 0 saturated heterocycles. The summed E-state index contributed by atoms with van der Waals surface area (Å²) in [5.74, 6) is 0.428. The van der Waals surface area contributed by atoms with E-state index in [4.69, 9.17) is 4.74 Å². The van der Waals surface area contributed by atoms with E-state index in [1.807, 2.05) is 6.07 Å². The van der Waals surface area contributed by atoms with Crippen molar-refractivity contribution in [1.29, 1.82) is 0 Å².